The number of aromatic amines is 1. The van der Waals surface area contributed by atoms with Crippen LogP contribution < -0.4 is 10.5 Å². The molecule has 31 heavy (non-hydrogen) atoms. The van der Waals surface area contributed by atoms with Gasteiger partial charge in [-0.05, 0) is 65.1 Å². The van der Waals surface area contributed by atoms with Crippen LogP contribution in [-0.4, -0.2) is 76.5 Å². The van der Waals surface area contributed by atoms with E-state index in [1.54, 1.807) is 6.20 Å². The average molecular weight is 427 g/mol. The minimum absolute atomic E-state index is 0.124. The van der Waals surface area contributed by atoms with Crippen LogP contribution in [0.15, 0.2) is 17.1 Å². The Labute approximate surface area is 183 Å². The number of carbonyl (C=O) groups excluding carboxylic acids is 1. The van der Waals surface area contributed by atoms with E-state index in [0.717, 1.165) is 70.6 Å². The number of rotatable bonds is 6. The number of carbonyl (C=O) groups is 1. The van der Waals surface area contributed by atoms with E-state index in [4.69, 9.17) is 0 Å². The van der Waals surface area contributed by atoms with Gasteiger partial charge in [-0.3, -0.25) is 14.5 Å². The van der Waals surface area contributed by atoms with Crippen molar-refractivity contribution in [3.05, 3.63) is 28.3 Å². The first kappa shape index (κ1) is 21.7. The molecule has 0 aromatic carbocycles. The van der Waals surface area contributed by atoms with Gasteiger partial charge in [-0.25, -0.2) is 9.97 Å². The van der Waals surface area contributed by atoms with Gasteiger partial charge in [0.1, 0.15) is 0 Å². The maximum atomic E-state index is 12.6. The number of anilines is 1. The lowest BCUT2D eigenvalue weighted by Gasteiger charge is -2.34. The van der Waals surface area contributed by atoms with Crippen LogP contribution in [0.25, 0.3) is 10.9 Å². The summed E-state index contributed by atoms with van der Waals surface area (Å²) in [5, 5.41) is 0.532. The predicted octanol–water partition coefficient (Wildman–Crippen LogP) is 2.36. The number of aromatic nitrogens is 3. The van der Waals surface area contributed by atoms with Gasteiger partial charge in [-0.15, -0.1) is 0 Å². The zero-order chi connectivity index (χ0) is 21.8. The zero-order valence-corrected chi connectivity index (χ0v) is 18.8. The van der Waals surface area contributed by atoms with Crippen molar-refractivity contribution in [1.82, 2.24) is 24.8 Å². The number of H-pyrrole nitrogens is 1. The molecule has 0 spiro atoms. The van der Waals surface area contributed by atoms with Crippen molar-refractivity contribution in [1.29, 1.82) is 0 Å². The summed E-state index contributed by atoms with van der Waals surface area (Å²) in [5.41, 5.74) is 1.53. The second-order valence-electron chi connectivity index (χ2n) is 8.69. The van der Waals surface area contributed by atoms with Crippen molar-refractivity contribution >= 4 is 22.8 Å². The van der Waals surface area contributed by atoms with Crippen LogP contribution in [-0.2, 0) is 4.79 Å². The molecule has 4 rings (SSSR count). The average Bonchev–Trinajstić information content (AvgIpc) is 2.80. The van der Waals surface area contributed by atoms with Crippen LogP contribution in [0.2, 0.25) is 0 Å². The predicted molar refractivity (Wildman–Crippen MR) is 123 cm³/mol. The standard InChI is InChI=1S/C23H34N6O2/c1-3-28(4-2)23-24-15-18-20(26-23)14-19(25-22(18)31)17-8-12-27(13-9-17)16-21(30)29-10-6-5-7-11-29/h14-15,17H,3-13,16H2,1-2H3,(H,25,31). The van der Waals surface area contributed by atoms with Crippen LogP contribution in [0, 0.1) is 0 Å². The van der Waals surface area contributed by atoms with Crippen molar-refractivity contribution in [3.8, 4) is 0 Å². The normalized spacial score (nSPS) is 18.5. The Morgan fingerprint density at radius 2 is 1.84 bits per heavy atom. The lowest BCUT2D eigenvalue weighted by atomic mass is 9.92. The molecular weight excluding hydrogens is 392 g/mol. The van der Waals surface area contributed by atoms with Gasteiger partial charge in [-0.1, -0.05) is 0 Å². The molecule has 0 bridgehead atoms. The molecule has 0 radical (unpaired) electrons. The van der Waals surface area contributed by atoms with E-state index in [-0.39, 0.29) is 17.4 Å². The SMILES string of the molecule is CCN(CC)c1ncc2c(=O)[nH]c(C3CCN(CC(=O)N4CCCCC4)CC3)cc2n1. The Morgan fingerprint density at radius 3 is 2.52 bits per heavy atom. The first-order valence-electron chi connectivity index (χ1n) is 11.7. The van der Waals surface area contributed by atoms with Crippen LogP contribution in [0.4, 0.5) is 5.95 Å². The molecule has 0 saturated carbocycles. The highest BCUT2D eigenvalue weighted by Gasteiger charge is 2.25. The van der Waals surface area contributed by atoms with E-state index < -0.39 is 0 Å². The molecule has 2 aromatic heterocycles. The highest BCUT2D eigenvalue weighted by Crippen LogP contribution is 2.27. The number of pyridine rings is 1. The van der Waals surface area contributed by atoms with E-state index in [1.807, 2.05) is 11.0 Å². The maximum absolute atomic E-state index is 12.6. The van der Waals surface area contributed by atoms with Crippen molar-refractivity contribution in [2.24, 2.45) is 0 Å². The van der Waals surface area contributed by atoms with Crippen LogP contribution in [0.5, 0.6) is 0 Å². The highest BCUT2D eigenvalue weighted by atomic mass is 16.2. The Kier molecular flexibility index (Phi) is 6.85. The molecule has 168 valence electrons. The first-order chi connectivity index (χ1) is 15.1. The summed E-state index contributed by atoms with van der Waals surface area (Å²) in [7, 11) is 0. The lowest BCUT2D eigenvalue weighted by Crippen LogP contribution is -2.44. The van der Waals surface area contributed by atoms with Gasteiger partial charge in [0.15, 0.2) is 0 Å². The van der Waals surface area contributed by atoms with Gasteiger partial charge >= 0.3 is 0 Å². The molecule has 2 saturated heterocycles. The maximum Gasteiger partial charge on any atom is 0.259 e. The number of hydrogen-bond donors (Lipinski definition) is 1. The van der Waals surface area contributed by atoms with Gasteiger partial charge in [0, 0.05) is 44.0 Å². The monoisotopic (exact) mass is 426 g/mol. The van der Waals surface area contributed by atoms with Crippen molar-refractivity contribution in [2.75, 3.05) is 50.7 Å². The molecule has 4 heterocycles. The van der Waals surface area contributed by atoms with Gasteiger partial charge < -0.3 is 14.8 Å². The van der Waals surface area contributed by atoms with Crippen molar-refractivity contribution < 1.29 is 4.79 Å². The largest absolute Gasteiger partial charge is 0.342 e. The van der Waals surface area contributed by atoms with Gasteiger partial charge in [-0.2, -0.15) is 0 Å². The molecule has 8 heteroatoms. The molecule has 1 N–H and O–H groups in total. The third-order valence-corrected chi connectivity index (χ3v) is 6.74. The molecule has 0 atom stereocenters. The van der Waals surface area contributed by atoms with Crippen LogP contribution >= 0.6 is 0 Å². The Hall–Kier alpha value is -2.48. The fourth-order valence-corrected chi connectivity index (χ4v) is 4.77. The number of nitrogens with zero attached hydrogens (tertiary/aromatic N) is 5. The number of likely N-dealkylation sites (tertiary alicyclic amines) is 2. The molecule has 2 aromatic rings. The molecule has 2 aliphatic rings. The Balaban J connectivity index is 1.43. The van der Waals surface area contributed by atoms with Crippen LogP contribution in [0.1, 0.15) is 57.6 Å². The fraction of sp³-hybridized carbons (Fsp3) is 0.652. The number of piperidine rings is 2. The fourth-order valence-electron chi connectivity index (χ4n) is 4.77. The topological polar surface area (TPSA) is 85.4 Å². The smallest absolute Gasteiger partial charge is 0.259 e. The summed E-state index contributed by atoms with van der Waals surface area (Å²) < 4.78 is 0. The van der Waals surface area contributed by atoms with E-state index in [2.05, 4.69) is 38.6 Å². The summed E-state index contributed by atoms with van der Waals surface area (Å²) in [6.45, 7) is 9.88. The van der Waals surface area contributed by atoms with E-state index in [0.29, 0.717) is 23.4 Å². The summed E-state index contributed by atoms with van der Waals surface area (Å²) in [5.74, 6) is 1.21. The second kappa shape index (κ2) is 9.77. The van der Waals surface area contributed by atoms with Gasteiger partial charge in [0.25, 0.3) is 5.56 Å². The minimum Gasteiger partial charge on any atom is -0.342 e. The van der Waals surface area contributed by atoms with Gasteiger partial charge in [0.05, 0.1) is 17.4 Å². The highest BCUT2D eigenvalue weighted by molar-refractivity contribution is 5.79. The summed E-state index contributed by atoms with van der Waals surface area (Å²) >= 11 is 0. The molecule has 8 nitrogen and oxygen atoms in total. The second-order valence-corrected chi connectivity index (χ2v) is 8.69. The number of fused-ring (bicyclic) bond motifs is 1. The molecule has 0 aliphatic carbocycles. The Morgan fingerprint density at radius 1 is 1.13 bits per heavy atom. The van der Waals surface area contributed by atoms with Crippen molar-refractivity contribution in [2.45, 2.75) is 51.9 Å². The minimum atomic E-state index is -0.124. The summed E-state index contributed by atoms with van der Waals surface area (Å²) in [4.78, 5) is 43.7. The molecule has 2 aliphatic heterocycles. The zero-order valence-electron chi connectivity index (χ0n) is 18.8. The van der Waals surface area contributed by atoms with E-state index >= 15 is 0 Å². The molecular formula is C23H34N6O2. The number of amides is 1. The van der Waals surface area contributed by atoms with E-state index in [1.165, 1.54) is 6.42 Å². The van der Waals surface area contributed by atoms with Crippen LogP contribution in [0.3, 0.4) is 0 Å². The quantitative estimate of drug-likeness (QED) is 0.763. The summed E-state index contributed by atoms with van der Waals surface area (Å²) in [6.07, 6.45) is 6.99. The molecule has 2 fully saturated rings. The third-order valence-electron chi connectivity index (χ3n) is 6.74. The Bertz CT molecular complexity index is 956. The first-order valence-corrected chi connectivity index (χ1v) is 11.7. The molecule has 0 unspecified atom stereocenters. The third kappa shape index (κ3) is 4.89. The van der Waals surface area contributed by atoms with E-state index in [9.17, 15) is 9.59 Å². The summed E-state index contributed by atoms with van der Waals surface area (Å²) in [6, 6.07) is 2.02. The van der Waals surface area contributed by atoms with Crippen molar-refractivity contribution in [3.63, 3.8) is 0 Å². The molecule has 1 amide bonds. The number of hydrogen-bond acceptors (Lipinski definition) is 6. The number of nitrogens with one attached hydrogen (secondary N) is 1. The van der Waals surface area contributed by atoms with Gasteiger partial charge in [0.2, 0.25) is 11.9 Å². The lowest BCUT2D eigenvalue weighted by molar-refractivity contribution is -0.133.